The molecule has 18 heavy (non-hydrogen) atoms. The van der Waals surface area contributed by atoms with Gasteiger partial charge >= 0.3 is 5.97 Å². The lowest BCUT2D eigenvalue weighted by Crippen LogP contribution is -2.30. The Morgan fingerprint density at radius 3 is 2.89 bits per heavy atom. The van der Waals surface area contributed by atoms with Gasteiger partial charge in [0.25, 0.3) is 0 Å². The van der Waals surface area contributed by atoms with Gasteiger partial charge in [-0.25, -0.2) is 9.00 Å². The lowest BCUT2D eigenvalue weighted by atomic mass is 10.1. The number of rotatable bonds is 2. The molecule has 0 radical (unpaired) electrons. The van der Waals surface area contributed by atoms with Crippen LogP contribution in [0.3, 0.4) is 0 Å². The zero-order valence-corrected chi connectivity index (χ0v) is 10.7. The number of nitrogens with zero attached hydrogens (tertiary/aromatic N) is 3. The molecule has 1 atom stereocenters. The molecule has 1 unspecified atom stereocenters. The molecule has 6 nitrogen and oxygen atoms in total. The Balaban J connectivity index is 2.44. The van der Waals surface area contributed by atoms with Crippen LogP contribution in [0.25, 0.3) is 0 Å². The zero-order chi connectivity index (χ0) is 13.1. The number of hydrogen-bond donors (Lipinski definition) is 0. The van der Waals surface area contributed by atoms with Crippen LogP contribution in [-0.4, -0.2) is 39.3 Å². The summed E-state index contributed by atoms with van der Waals surface area (Å²) >= 11 is -1.64. The molecular formula is C11H11N3O3S. The van der Waals surface area contributed by atoms with Crippen LogP contribution < -0.4 is 0 Å². The molecule has 2 heterocycles. The van der Waals surface area contributed by atoms with E-state index in [1.165, 1.54) is 24.5 Å². The normalized spacial score (nSPS) is 19.0. The highest BCUT2D eigenvalue weighted by Crippen LogP contribution is 2.17. The maximum atomic E-state index is 11.8. The highest BCUT2D eigenvalue weighted by Gasteiger charge is 2.25. The van der Waals surface area contributed by atoms with E-state index < -0.39 is 17.1 Å². The minimum absolute atomic E-state index is 0.199. The molecule has 1 aromatic rings. The van der Waals surface area contributed by atoms with E-state index in [2.05, 4.69) is 14.1 Å². The standard InChI is InChI=1S/C11H11N3O3S/c1-14-10(11(15)17-2)6-9(13-18(14)16)8-4-3-5-12-7-8/h3-7H,1-2H3. The van der Waals surface area contributed by atoms with Crippen LogP contribution in [0, 0.1) is 0 Å². The molecule has 1 aliphatic heterocycles. The number of likely N-dealkylation sites (N-methyl/N-ethyl adjacent to an activating group) is 1. The summed E-state index contributed by atoms with van der Waals surface area (Å²) in [6.45, 7) is 0. The van der Waals surface area contributed by atoms with Crippen LogP contribution in [0.2, 0.25) is 0 Å². The lowest BCUT2D eigenvalue weighted by molar-refractivity contribution is -0.137. The fourth-order valence-electron chi connectivity index (χ4n) is 1.42. The van der Waals surface area contributed by atoms with Crippen LogP contribution in [0.15, 0.2) is 40.7 Å². The van der Waals surface area contributed by atoms with Crippen molar-refractivity contribution in [2.24, 2.45) is 4.40 Å². The van der Waals surface area contributed by atoms with Crippen molar-refractivity contribution in [3.05, 3.63) is 41.9 Å². The molecule has 7 heteroatoms. The van der Waals surface area contributed by atoms with E-state index in [9.17, 15) is 9.00 Å². The highest BCUT2D eigenvalue weighted by molar-refractivity contribution is 7.81. The van der Waals surface area contributed by atoms with E-state index in [0.29, 0.717) is 11.3 Å². The summed E-state index contributed by atoms with van der Waals surface area (Å²) in [4.78, 5) is 15.5. The van der Waals surface area contributed by atoms with Crippen molar-refractivity contribution in [2.45, 2.75) is 0 Å². The summed E-state index contributed by atoms with van der Waals surface area (Å²) in [6.07, 6.45) is 4.75. The Bertz CT molecular complexity index is 554. The maximum absolute atomic E-state index is 11.8. The van der Waals surface area contributed by atoms with E-state index in [1.54, 1.807) is 24.5 Å². The van der Waals surface area contributed by atoms with Crippen LogP contribution in [0.4, 0.5) is 0 Å². The first-order valence-corrected chi connectivity index (χ1v) is 6.14. The van der Waals surface area contributed by atoms with Crippen molar-refractivity contribution in [3.63, 3.8) is 0 Å². The van der Waals surface area contributed by atoms with Gasteiger partial charge in [-0.05, 0) is 18.2 Å². The monoisotopic (exact) mass is 265 g/mol. The molecular weight excluding hydrogens is 254 g/mol. The third kappa shape index (κ3) is 2.30. The summed E-state index contributed by atoms with van der Waals surface area (Å²) in [5.74, 6) is -0.554. The number of carbonyl (C=O) groups excluding carboxylic acids is 1. The second-order valence-corrected chi connectivity index (χ2v) is 4.66. The van der Waals surface area contributed by atoms with Gasteiger partial charge < -0.3 is 4.74 Å². The number of esters is 1. The number of ether oxygens (including phenoxy) is 1. The van der Waals surface area contributed by atoms with Gasteiger partial charge in [0.15, 0.2) is 0 Å². The Morgan fingerprint density at radius 2 is 2.28 bits per heavy atom. The van der Waals surface area contributed by atoms with E-state index in [4.69, 9.17) is 0 Å². The van der Waals surface area contributed by atoms with Crippen molar-refractivity contribution < 1.29 is 13.7 Å². The molecule has 2 rings (SSSR count). The molecule has 0 aromatic carbocycles. The molecule has 0 amide bonds. The Labute approximate surface area is 107 Å². The Morgan fingerprint density at radius 1 is 1.50 bits per heavy atom. The van der Waals surface area contributed by atoms with Crippen LogP contribution in [-0.2, 0) is 20.7 Å². The largest absolute Gasteiger partial charge is 0.464 e. The number of hydrogen-bond acceptors (Lipinski definition) is 4. The molecule has 0 aliphatic carbocycles. The SMILES string of the molecule is COC(=O)C1=CC(c2cccnc2)=NS(=O)N1C. The van der Waals surface area contributed by atoms with Crippen molar-refractivity contribution in [1.29, 1.82) is 0 Å². The number of allylic oxidation sites excluding steroid dienone is 1. The molecule has 0 saturated carbocycles. The first-order chi connectivity index (χ1) is 8.63. The number of pyridine rings is 1. The second-order valence-electron chi connectivity index (χ2n) is 3.47. The van der Waals surface area contributed by atoms with Gasteiger partial charge in [-0.1, -0.05) is 0 Å². The predicted molar refractivity (Wildman–Crippen MR) is 66.8 cm³/mol. The van der Waals surface area contributed by atoms with E-state index in [0.717, 1.165) is 0 Å². The maximum Gasteiger partial charge on any atom is 0.355 e. The fraction of sp³-hybridized carbons (Fsp3) is 0.182. The van der Waals surface area contributed by atoms with Crippen LogP contribution >= 0.6 is 0 Å². The van der Waals surface area contributed by atoms with Gasteiger partial charge in [0, 0.05) is 25.0 Å². The second kappa shape index (κ2) is 5.09. The quantitative estimate of drug-likeness (QED) is 0.728. The summed E-state index contributed by atoms with van der Waals surface area (Å²) in [5.41, 5.74) is 1.34. The van der Waals surface area contributed by atoms with Crippen molar-refractivity contribution in [3.8, 4) is 0 Å². The third-order valence-corrected chi connectivity index (χ3v) is 3.39. The van der Waals surface area contributed by atoms with Gasteiger partial charge in [0.1, 0.15) is 5.70 Å². The topological polar surface area (TPSA) is 71.9 Å². The smallest absolute Gasteiger partial charge is 0.355 e. The number of methoxy groups -OCH3 is 1. The molecule has 0 saturated heterocycles. The number of aromatic nitrogens is 1. The van der Waals surface area contributed by atoms with Gasteiger partial charge in [0.2, 0.25) is 11.2 Å². The first-order valence-electron chi connectivity index (χ1n) is 5.08. The highest BCUT2D eigenvalue weighted by atomic mass is 32.2. The van der Waals surface area contributed by atoms with Gasteiger partial charge in [-0.2, -0.15) is 4.40 Å². The molecule has 0 fully saturated rings. The number of carbonyl (C=O) groups is 1. The summed E-state index contributed by atoms with van der Waals surface area (Å²) < 4.78 is 21.7. The van der Waals surface area contributed by atoms with E-state index >= 15 is 0 Å². The molecule has 0 spiro atoms. The Kier molecular flexibility index (Phi) is 3.52. The van der Waals surface area contributed by atoms with Crippen molar-refractivity contribution >= 4 is 22.9 Å². The Hall–Kier alpha value is -2.02. The van der Waals surface area contributed by atoms with Crippen molar-refractivity contribution in [2.75, 3.05) is 14.2 Å². The van der Waals surface area contributed by atoms with Crippen LogP contribution in [0.5, 0.6) is 0 Å². The van der Waals surface area contributed by atoms with E-state index in [-0.39, 0.29) is 5.70 Å². The molecule has 0 bridgehead atoms. The molecule has 94 valence electrons. The first kappa shape index (κ1) is 12.4. The summed E-state index contributed by atoms with van der Waals surface area (Å²) in [5, 5.41) is 0. The van der Waals surface area contributed by atoms with Crippen molar-refractivity contribution in [1.82, 2.24) is 9.29 Å². The average Bonchev–Trinajstić information content (AvgIpc) is 2.41. The predicted octanol–water partition coefficient (Wildman–Crippen LogP) is 0.452. The third-order valence-electron chi connectivity index (χ3n) is 2.38. The molecule has 0 N–H and O–H groups in total. The zero-order valence-electron chi connectivity index (χ0n) is 9.86. The summed E-state index contributed by atoms with van der Waals surface area (Å²) in [7, 11) is 2.79. The van der Waals surface area contributed by atoms with E-state index in [1.807, 2.05) is 0 Å². The minimum Gasteiger partial charge on any atom is -0.464 e. The van der Waals surface area contributed by atoms with Gasteiger partial charge in [0.05, 0.1) is 12.8 Å². The molecule has 1 aromatic heterocycles. The minimum atomic E-state index is -1.64. The lowest BCUT2D eigenvalue weighted by Gasteiger charge is -2.21. The van der Waals surface area contributed by atoms with Gasteiger partial charge in [-0.3, -0.25) is 9.29 Å². The average molecular weight is 265 g/mol. The van der Waals surface area contributed by atoms with Crippen LogP contribution in [0.1, 0.15) is 5.56 Å². The van der Waals surface area contributed by atoms with Gasteiger partial charge in [-0.15, -0.1) is 0 Å². The molecule has 1 aliphatic rings. The fourth-order valence-corrected chi connectivity index (χ4v) is 2.16. The summed E-state index contributed by atoms with van der Waals surface area (Å²) in [6, 6.07) is 3.52.